The van der Waals surface area contributed by atoms with Crippen LogP contribution in [0, 0.1) is 0 Å². The number of ether oxygens (including phenoxy) is 2. The fourth-order valence-electron chi connectivity index (χ4n) is 1.21. The van der Waals surface area contributed by atoms with Crippen LogP contribution in [0.1, 0.15) is 13.8 Å². The van der Waals surface area contributed by atoms with Gasteiger partial charge in [-0.15, -0.1) is 0 Å². The van der Waals surface area contributed by atoms with Crippen LogP contribution in [0.5, 0.6) is 5.75 Å². The van der Waals surface area contributed by atoms with Crippen molar-refractivity contribution in [1.82, 2.24) is 0 Å². The molecule has 0 amide bonds. The highest BCUT2D eigenvalue weighted by molar-refractivity contribution is 5.61. The average molecular weight is 224 g/mol. The van der Waals surface area contributed by atoms with Gasteiger partial charge < -0.3 is 20.5 Å². The number of benzene rings is 1. The Labute approximate surface area is 96.7 Å². The summed E-state index contributed by atoms with van der Waals surface area (Å²) in [5.41, 5.74) is 7.14. The minimum absolute atomic E-state index is 0.200. The van der Waals surface area contributed by atoms with Crippen molar-refractivity contribution < 1.29 is 9.47 Å². The molecule has 90 valence electrons. The number of rotatable bonds is 5. The molecule has 0 aliphatic heterocycles. The van der Waals surface area contributed by atoms with Crippen LogP contribution in [-0.2, 0) is 4.74 Å². The summed E-state index contributed by atoms with van der Waals surface area (Å²) in [4.78, 5) is 0. The Kier molecular flexibility index (Phi) is 4.01. The zero-order valence-corrected chi connectivity index (χ0v) is 10.3. The minimum Gasteiger partial charge on any atom is -0.495 e. The molecule has 0 aliphatic rings. The first-order valence-corrected chi connectivity index (χ1v) is 5.21. The van der Waals surface area contributed by atoms with Crippen molar-refractivity contribution in [2.75, 3.05) is 31.8 Å². The fraction of sp³-hybridized carbons (Fsp3) is 0.500. The molecule has 0 saturated heterocycles. The lowest BCUT2D eigenvalue weighted by atomic mass is 10.1. The van der Waals surface area contributed by atoms with Crippen LogP contribution in [-0.4, -0.2) is 26.4 Å². The van der Waals surface area contributed by atoms with Crippen LogP contribution in [0.2, 0.25) is 0 Å². The first-order chi connectivity index (χ1) is 7.48. The SMILES string of the molecule is COc1cc(NCC(C)(C)OC)ccc1N. The molecule has 4 nitrogen and oxygen atoms in total. The lowest BCUT2D eigenvalue weighted by molar-refractivity contribution is 0.0344. The Morgan fingerprint density at radius 3 is 2.56 bits per heavy atom. The highest BCUT2D eigenvalue weighted by Gasteiger charge is 2.15. The molecule has 1 rings (SSSR count). The molecule has 0 aromatic heterocycles. The van der Waals surface area contributed by atoms with E-state index in [2.05, 4.69) is 5.32 Å². The Balaban J connectivity index is 2.68. The van der Waals surface area contributed by atoms with E-state index in [1.807, 2.05) is 32.0 Å². The summed E-state index contributed by atoms with van der Waals surface area (Å²) in [5, 5.41) is 3.28. The van der Waals surface area contributed by atoms with Gasteiger partial charge in [-0.05, 0) is 26.0 Å². The Morgan fingerprint density at radius 1 is 1.31 bits per heavy atom. The van der Waals surface area contributed by atoms with E-state index in [9.17, 15) is 0 Å². The third-order valence-corrected chi connectivity index (χ3v) is 2.50. The van der Waals surface area contributed by atoms with E-state index in [1.54, 1.807) is 14.2 Å². The number of hydrogen-bond donors (Lipinski definition) is 2. The third-order valence-electron chi connectivity index (χ3n) is 2.50. The maximum absolute atomic E-state index is 5.73. The largest absolute Gasteiger partial charge is 0.495 e. The van der Waals surface area contributed by atoms with Crippen molar-refractivity contribution in [3.05, 3.63) is 18.2 Å². The highest BCUT2D eigenvalue weighted by atomic mass is 16.5. The van der Waals surface area contributed by atoms with Gasteiger partial charge in [-0.3, -0.25) is 0 Å². The molecule has 0 aliphatic carbocycles. The van der Waals surface area contributed by atoms with E-state index < -0.39 is 0 Å². The van der Waals surface area contributed by atoms with E-state index >= 15 is 0 Å². The molecule has 0 bridgehead atoms. The maximum atomic E-state index is 5.73. The predicted octanol–water partition coefficient (Wildman–Crippen LogP) is 2.11. The van der Waals surface area contributed by atoms with Gasteiger partial charge in [0.25, 0.3) is 0 Å². The summed E-state index contributed by atoms with van der Waals surface area (Å²) in [6.45, 7) is 4.76. The van der Waals surface area contributed by atoms with Crippen LogP contribution < -0.4 is 15.8 Å². The van der Waals surface area contributed by atoms with Crippen molar-refractivity contribution in [3.8, 4) is 5.75 Å². The lowest BCUT2D eigenvalue weighted by Gasteiger charge is -2.24. The van der Waals surface area contributed by atoms with E-state index in [-0.39, 0.29) is 5.60 Å². The molecule has 3 N–H and O–H groups in total. The van der Waals surface area contributed by atoms with Gasteiger partial charge in [-0.2, -0.15) is 0 Å². The normalized spacial score (nSPS) is 11.2. The molecule has 0 saturated carbocycles. The Bertz CT molecular complexity index is 351. The molecule has 4 heteroatoms. The molecule has 0 atom stereocenters. The fourth-order valence-corrected chi connectivity index (χ4v) is 1.21. The van der Waals surface area contributed by atoms with E-state index in [4.69, 9.17) is 15.2 Å². The molecule has 0 unspecified atom stereocenters. The van der Waals surface area contributed by atoms with E-state index in [1.165, 1.54) is 0 Å². The van der Waals surface area contributed by atoms with Crippen LogP contribution in [0.3, 0.4) is 0 Å². The van der Waals surface area contributed by atoms with Gasteiger partial charge in [-0.25, -0.2) is 0 Å². The van der Waals surface area contributed by atoms with Crippen molar-refractivity contribution in [1.29, 1.82) is 0 Å². The van der Waals surface area contributed by atoms with E-state index in [0.29, 0.717) is 11.4 Å². The van der Waals surface area contributed by atoms with Crippen molar-refractivity contribution in [2.24, 2.45) is 0 Å². The quantitative estimate of drug-likeness (QED) is 0.752. The number of nitrogens with two attached hydrogens (primary N) is 1. The lowest BCUT2D eigenvalue weighted by Crippen LogP contribution is -2.32. The highest BCUT2D eigenvalue weighted by Crippen LogP contribution is 2.25. The second-order valence-electron chi connectivity index (χ2n) is 4.27. The molecule has 16 heavy (non-hydrogen) atoms. The van der Waals surface area contributed by atoms with Gasteiger partial charge >= 0.3 is 0 Å². The summed E-state index contributed by atoms with van der Waals surface area (Å²) in [7, 11) is 3.31. The molecule has 0 radical (unpaired) electrons. The summed E-state index contributed by atoms with van der Waals surface area (Å²) in [5.74, 6) is 0.681. The van der Waals surface area contributed by atoms with Crippen LogP contribution in [0.4, 0.5) is 11.4 Å². The second-order valence-corrected chi connectivity index (χ2v) is 4.27. The number of methoxy groups -OCH3 is 2. The van der Waals surface area contributed by atoms with Crippen LogP contribution in [0.15, 0.2) is 18.2 Å². The van der Waals surface area contributed by atoms with Gasteiger partial charge in [0.1, 0.15) is 5.75 Å². The van der Waals surface area contributed by atoms with E-state index in [0.717, 1.165) is 12.2 Å². The Morgan fingerprint density at radius 2 is 2.00 bits per heavy atom. The first kappa shape index (κ1) is 12.6. The van der Waals surface area contributed by atoms with Gasteiger partial charge in [0.05, 0.1) is 18.4 Å². The van der Waals surface area contributed by atoms with Crippen molar-refractivity contribution in [2.45, 2.75) is 19.4 Å². The van der Waals surface area contributed by atoms with Gasteiger partial charge in [0.15, 0.2) is 0 Å². The number of nitrogens with one attached hydrogen (secondary N) is 1. The summed E-state index contributed by atoms with van der Waals surface area (Å²) in [6, 6.07) is 5.62. The molecule has 0 spiro atoms. The van der Waals surface area contributed by atoms with Crippen molar-refractivity contribution in [3.63, 3.8) is 0 Å². The molecular weight excluding hydrogens is 204 g/mol. The molecule has 0 fully saturated rings. The second kappa shape index (κ2) is 5.07. The van der Waals surface area contributed by atoms with Gasteiger partial charge in [0, 0.05) is 25.4 Å². The summed E-state index contributed by atoms with van der Waals surface area (Å²) < 4.78 is 10.5. The van der Waals surface area contributed by atoms with Crippen LogP contribution in [0.25, 0.3) is 0 Å². The zero-order valence-electron chi connectivity index (χ0n) is 10.3. The first-order valence-electron chi connectivity index (χ1n) is 5.21. The number of anilines is 2. The third kappa shape index (κ3) is 3.31. The van der Waals surface area contributed by atoms with Crippen molar-refractivity contribution >= 4 is 11.4 Å². The maximum Gasteiger partial charge on any atom is 0.143 e. The number of hydrogen-bond acceptors (Lipinski definition) is 4. The monoisotopic (exact) mass is 224 g/mol. The smallest absolute Gasteiger partial charge is 0.143 e. The molecule has 1 aromatic carbocycles. The summed E-state index contributed by atoms with van der Waals surface area (Å²) >= 11 is 0. The van der Waals surface area contributed by atoms with Gasteiger partial charge in [-0.1, -0.05) is 0 Å². The van der Waals surface area contributed by atoms with Gasteiger partial charge in [0.2, 0.25) is 0 Å². The topological polar surface area (TPSA) is 56.5 Å². The van der Waals surface area contributed by atoms with Crippen LogP contribution >= 0.6 is 0 Å². The zero-order chi connectivity index (χ0) is 12.2. The predicted molar refractivity (Wildman–Crippen MR) is 67.0 cm³/mol. The standard InChI is InChI=1S/C12H20N2O2/c1-12(2,16-4)8-14-9-5-6-10(13)11(7-9)15-3/h5-7,14H,8,13H2,1-4H3. The molecule has 1 aromatic rings. The molecular formula is C12H20N2O2. The minimum atomic E-state index is -0.200. The summed E-state index contributed by atoms with van der Waals surface area (Å²) in [6.07, 6.45) is 0. The average Bonchev–Trinajstić information content (AvgIpc) is 2.28. The molecule has 0 heterocycles. The Hall–Kier alpha value is -1.42. The number of nitrogen functional groups attached to an aromatic ring is 1.